The molecule has 0 bridgehead atoms. The Morgan fingerprint density at radius 2 is 1.93 bits per heavy atom. The van der Waals surface area contributed by atoms with Crippen LogP contribution in [-0.2, 0) is 4.79 Å². The fourth-order valence-electron chi connectivity index (χ4n) is 3.56. The first-order valence-corrected chi connectivity index (χ1v) is 9.55. The van der Waals surface area contributed by atoms with E-state index in [1.165, 1.54) is 18.2 Å². The molecule has 0 spiro atoms. The summed E-state index contributed by atoms with van der Waals surface area (Å²) in [5.74, 6) is -0.408. The van der Waals surface area contributed by atoms with E-state index < -0.39 is 11.9 Å². The summed E-state index contributed by atoms with van der Waals surface area (Å²) in [6, 6.07) is 5.19. The first-order valence-electron chi connectivity index (χ1n) is 9.55. The molecule has 2 amide bonds. The number of fused-ring (bicyclic) bond motifs is 1. The van der Waals surface area contributed by atoms with Gasteiger partial charge in [-0.05, 0) is 25.1 Å². The number of carbonyl (C=O) groups is 2. The van der Waals surface area contributed by atoms with Gasteiger partial charge in [-0.15, -0.1) is 0 Å². The molecule has 3 aromatic rings. The minimum atomic E-state index is -0.582. The van der Waals surface area contributed by atoms with Crippen molar-refractivity contribution in [2.75, 3.05) is 32.5 Å². The van der Waals surface area contributed by atoms with E-state index in [2.05, 4.69) is 20.3 Å². The molecule has 8 nitrogen and oxygen atoms in total. The first-order chi connectivity index (χ1) is 14.4. The Labute approximate surface area is 172 Å². The predicted molar refractivity (Wildman–Crippen MR) is 110 cm³/mol. The Balaban J connectivity index is 1.83. The van der Waals surface area contributed by atoms with Gasteiger partial charge in [-0.3, -0.25) is 9.59 Å². The lowest BCUT2D eigenvalue weighted by Crippen LogP contribution is -2.56. The highest BCUT2D eigenvalue weighted by atomic mass is 19.1. The number of rotatable bonds is 3. The highest BCUT2D eigenvalue weighted by Gasteiger charge is 2.33. The van der Waals surface area contributed by atoms with E-state index >= 15 is 0 Å². The first kappa shape index (κ1) is 19.7. The molecule has 1 aromatic carbocycles. The maximum atomic E-state index is 13.9. The van der Waals surface area contributed by atoms with Gasteiger partial charge in [0.2, 0.25) is 11.9 Å². The van der Waals surface area contributed by atoms with Crippen molar-refractivity contribution in [3.63, 3.8) is 0 Å². The van der Waals surface area contributed by atoms with Gasteiger partial charge in [0.15, 0.2) is 0 Å². The lowest BCUT2D eigenvalue weighted by molar-refractivity contribution is -0.137. The van der Waals surface area contributed by atoms with Crippen LogP contribution in [0.5, 0.6) is 0 Å². The molecule has 9 heteroatoms. The molecule has 2 aromatic heterocycles. The van der Waals surface area contributed by atoms with Crippen LogP contribution in [0.4, 0.5) is 10.3 Å². The number of anilines is 1. The topological polar surface area (TPSA) is 91.3 Å². The number of likely N-dealkylation sites (N-methyl/N-ethyl adjacent to an activating group) is 1. The van der Waals surface area contributed by atoms with E-state index in [0.29, 0.717) is 46.8 Å². The quantitative estimate of drug-likeness (QED) is 0.714. The summed E-state index contributed by atoms with van der Waals surface area (Å²) >= 11 is 0. The second-order valence-corrected chi connectivity index (χ2v) is 7.20. The van der Waals surface area contributed by atoms with Crippen LogP contribution in [0.3, 0.4) is 0 Å². The Morgan fingerprint density at radius 3 is 2.63 bits per heavy atom. The molecule has 0 saturated carbocycles. The van der Waals surface area contributed by atoms with Crippen molar-refractivity contribution in [2.24, 2.45) is 0 Å². The molecule has 30 heavy (non-hydrogen) atoms. The molecule has 0 aliphatic carbocycles. The molecule has 0 unspecified atom stereocenters. The van der Waals surface area contributed by atoms with Crippen LogP contribution in [0.25, 0.3) is 22.2 Å². The number of hydrogen-bond acceptors (Lipinski definition) is 6. The summed E-state index contributed by atoms with van der Waals surface area (Å²) in [5.41, 5.74) is 1.75. The third kappa shape index (κ3) is 3.42. The molecule has 1 aliphatic heterocycles. The van der Waals surface area contributed by atoms with E-state index in [0.717, 1.165) is 0 Å². The molecular formula is C21H21FN6O2. The summed E-state index contributed by atoms with van der Waals surface area (Å²) in [4.78, 5) is 41.8. The minimum absolute atomic E-state index is 0.115. The van der Waals surface area contributed by atoms with Crippen molar-refractivity contribution in [1.29, 1.82) is 0 Å². The van der Waals surface area contributed by atoms with Crippen molar-refractivity contribution in [1.82, 2.24) is 24.8 Å². The fraction of sp³-hybridized carbons (Fsp3) is 0.286. The number of pyridine rings is 1. The van der Waals surface area contributed by atoms with Crippen molar-refractivity contribution in [2.45, 2.75) is 13.0 Å². The second-order valence-electron chi connectivity index (χ2n) is 7.20. The molecule has 4 rings (SSSR count). The van der Waals surface area contributed by atoms with E-state index in [1.807, 2.05) is 0 Å². The van der Waals surface area contributed by atoms with Gasteiger partial charge in [0.05, 0.1) is 16.8 Å². The lowest BCUT2D eigenvalue weighted by atomic mass is 10.0. The summed E-state index contributed by atoms with van der Waals surface area (Å²) < 4.78 is 13.9. The number of hydrogen-bond donors (Lipinski definition) is 1. The normalized spacial score (nSPS) is 16.8. The lowest BCUT2D eigenvalue weighted by Gasteiger charge is -2.37. The standard InChI is InChI=1S/C21H21FN6O2/c1-12-19(29)27(3)6-7-28(12)20(30)16-9-17(13-10-24-21(23-2)25-11-13)26-18-8-14(22)4-5-15(16)18/h4-5,8-12H,6-7H2,1-3H3,(H,23,24,25)/t12-/m1/s1. The number of nitrogens with zero attached hydrogens (tertiary/aromatic N) is 5. The van der Waals surface area contributed by atoms with E-state index in [1.54, 1.807) is 49.3 Å². The van der Waals surface area contributed by atoms with Crippen LogP contribution >= 0.6 is 0 Å². The maximum Gasteiger partial charge on any atom is 0.255 e. The van der Waals surface area contributed by atoms with Gasteiger partial charge in [-0.25, -0.2) is 19.3 Å². The smallest absolute Gasteiger partial charge is 0.255 e. The summed E-state index contributed by atoms with van der Waals surface area (Å²) in [7, 11) is 3.43. The Kier molecular flexibility index (Phi) is 5.03. The van der Waals surface area contributed by atoms with Crippen LogP contribution in [0.2, 0.25) is 0 Å². The van der Waals surface area contributed by atoms with E-state index in [9.17, 15) is 14.0 Å². The third-order valence-electron chi connectivity index (χ3n) is 5.31. The number of nitrogens with one attached hydrogen (secondary N) is 1. The van der Waals surface area contributed by atoms with Crippen molar-refractivity contribution < 1.29 is 14.0 Å². The highest BCUT2D eigenvalue weighted by molar-refractivity contribution is 6.08. The zero-order chi connectivity index (χ0) is 21.4. The SMILES string of the molecule is CNc1ncc(-c2cc(C(=O)N3CCN(C)C(=O)[C@H]3C)c3ccc(F)cc3n2)cn1. The molecule has 1 aliphatic rings. The zero-order valence-corrected chi connectivity index (χ0v) is 16.9. The maximum absolute atomic E-state index is 13.9. The van der Waals surface area contributed by atoms with E-state index in [4.69, 9.17) is 0 Å². The van der Waals surface area contributed by atoms with Crippen molar-refractivity contribution >= 4 is 28.7 Å². The summed E-state index contributed by atoms with van der Waals surface area (Å²) in [5, 5.41) is 3.36. The Morgan fingerprint density at radius 1 is 1.20 bits per heavy atom. The van der Waals surface area contributed by atoms with Crippen LogP contribution < -0.4 is 5.32 Å². The summed E-state index contributed by atoms with van der Waals surface area (Å²) in [6.07, 6.45) is 3.17. The molecule has 0 radical (unpaired) electrons. The minimum Gasteiger partial charge on any atom is -0.357 e. The zero-order valence-electron chi connectivity index (χ0n) is 16.9. The number of carbonyl (C=O) groups excluding carboxylic acids is 2. The molecule has 3 heterocycles. The van der Waals surface area contributed by atoms with Crippen LogP contribution in [-0.4, -0.2) is 69.8 Å². The van der Waals surface area contributed by atoms with Gasteiger partial charge in [-0.1, -0.05) is 0 Å². The van der Waals surface area contributed by atoms with Gasteiger partial charge < -0.3 is 15.1 Å². The van der Waals surface area contributed by atoms with Crippen LogP contribution in [0.15, 0.2) is 36.7 Å². The van der Waals surface area contributed by atoms with Gasteiger partial charge in [0.1, 0.15) is 11.9 Å². The van der Waals surface area contributed by atoms with Gasteiger partial charge in [0.25, 0.3) is 5.91 Å². The number of piperazine rings is 1. The molecule has 1 atom stereocenters. The Bertz CT molecular complexity index is 1130. The van der Waals surface area contributed by atoms with Crippen molar-refractivity contribution in [3.8, 4) is 11.3 Å². The molecule has 1 saturated heterocycles. The van der Waals surface area contributed by atoms with Crippen molar-refractivity contribution in [3.05, 3.63) is 48.0 Å². The van der Waals surface area contributed by atoms with Gasteiger partial charge in [-0.2, -0.15) is 0 Å². The predicted octanol–water partition coefficient (Wildman–Crippen LogP) is 2.18. The fourth-order valence-corrected chi connectivity index (χ4v) is 3.56. The largest absolute Gasteiger partial charge is 0.357 e. The molecule has 1 fully saturated rings. The summed E-state index contributed by atoms with van der Waals surface area (Å²) in [6.45, 7) is 2.59. The van der Waals surface area contributed by atoms with Crippen LogP contribution in [0.1, 0.15) is 17.3 Å². The average Bonchev–Trinajstić information content (AvgIpc) is 2.76. The second kappa shape index (κ2) is 7.66. The van der Waals surface area contributed by atoms with Gasteiger partial charge >= 0.3 is 0 Å². The van der Waals surface area contributed by atoms with Crippen LogP contribution in [0, 0.1) is 5.82 Å². The molecular weight excluding hydrogens is 387 g/mol. The number of aromatic nitrogens is 3. The number of amides is 2. The number of benzene rings is 1. The Hall–Kier alpha value is -3.62. The molecule has 1 N–H and O–H groups in total. The third-order valence-corrected chi connectivity index (χ3v) is 5.31. The van der Waals surface area contributed by atoms with Gasteiger partial charge in [0, 0.05) is 56.6 Å². The number of halogens is 1. The average molecular weight is 408 g/mol. The van der Waals surface area contributed by atoms with E-state index in [-0.39, 0.29) is 11.8 Å². The molecule has 154 valence electrons. The highest BCUT2D eigenvalue weighted by Crippen LogP contribution is 2.27. The monoisotopic (exact) mass is 408 g/mol.